The SMILES string of the molecule is COc1ccc(CN(CC(=O)NNC(=O)c2ccco2)C2CC2)cc1. The lowest BCUT2D eigenvalue weighted by Crippen LogP contribution is -2.46. The molecule has 0 atom stereocenters. The lowest BCUT2D eigenvalue weighted by Gasteiger charge is -2.21. The Balaban J connectivity index is 1.50. The van der Waals surface area contributed by atoms with E-state index >= 15 is 0 Å². The molecule has 2 N–H and O–H groups in total. The second-order valence-corrected chi connectivity index (χ2v) is 5.96. The van der Waals surface area contributed by atoms with Crippen LogP contribution >= 0.6 is 0 Å². The molecule has 3 rings (SSSR count). The molecule has 1 aromatic heterocycles. The topological polar surface area (TPSA) is 83.8 Å². The summed E-state index contributed by atoms with van der Waals surface area (Å²) in [7, 11) is 1.63. The highest BCUT2D eigenvalue weighted by Gasteiger charge is 2.30. The minimum Gasteiger partial charge on any atom is -0.497 e. The summed E-state index contributed by atoms with van der Waals surface area (Å²) in [5.74, 6) is 0.212. The molecule has 7 nitrogen and oxygen atoms in total. The number of amides is 2. The third kappa shape index (κ3) is 4.84. The molecular formula is C18H21N3O4. The van der Waals surface area contributed by atoms with Gasteiger partial charge >= 0.3 is 5.91 Å². The highest BCUT2D eigenvalue weighted by Crippen LogP contribution is 2.28. The first-order valence-electron chi connectivity index (χ1n) is 8.15. The van der Waals surface area contributed by atoms with Crippen LogP contribution in [-0.2, 0) is 11.3 Å². The van der Waals surface area contributed by atoms with Crippen molar-refractivity contribution in [3.63, 3.8) is 0 Å². The Kier molecular flexibility index (Phi) is 5.35. The Bertz CT molecular complexity index is 708. The van der Waals surface area contributed by atoms with E-state index < -0.39 is 5.91 Å². The van der Waals surface area contributed by atoms with Gasteiger partial charge in [0, 0.05) is 12.6 Å². The second kappa shape index (κ2) is 7.85. The van der Waals surface area contributed by atoms with Crippen LogP contribution in [0.15, 0.2) is 47.1 Å². The fourth-order valence-corrected chi connectivity index (χ4v) is 2.54. The van der Waals surface area contributed by atoms with E-state index in [0.717, 1.165) is 24.2 Å². The van der Waals surface area contributed by atoms with Crippen molar-refractivity contribution in [2.45, 2.75) is 25.4 Å². The molecule has 1 fully saturated rings. The summed E-state index contributed by atoms with van der Waals surface area (Å²) in [4.78, 5) is 26.0. The van der Waals surface area contributed by atoms with Crippen LogP contribution in [0.1, 0.15) is 29.0 Å². The molecule has 2 aromatic rings. The molecule has 1 aromatic carbocycles. The number of carbonyl (C=O) groups excluding carboxylic acids is 2. The molecule has 132 valence electrons. The van der Waals surface area contributed by atoms with Crippen molar-refractivity contribution < 1.29 is 18.7 Å². The maximum atomic E-state index is 12.1. The first-order valence-corrected chi connectivity index (χ1v) is 8.15. The number of hydrogen-bond acceptors (Lipinski definition) is 5. The van der Waals surface area contributed by atoms with Crippen molar-refractivity contribution in [3.8, 4) is 5.75 Å². The monoisotopic (exact) mass is 343 g/mol. The molecule has 0 unspecified atom stereocenters. The molecule has 0 radical (unpaired) electrons. The van der Waals surface area contributed by atoms with E-state index in [-0.39, 0.29) is 18.2 Å². The molecule has 2 amide bonds. The zero-order chi connectivity index (χ0) is 17.6. The standard InChI is InChI=1S/C18H21N3O4/c1-24-15-8-4-13(5-9-15)11-21(14-6-7-14)12-17(22)19-20-18(23)16-3-2-10-25-16/h2-5,8-10,14H,6-7,11-12H2,1H3,(H,19,22)(H,20,23). The highest BCUT2D eigenvalue weighted by molar-refractivity contribution is 5.93. The smallest absolute Gasteiger partial charge is 0.305 e. The lowest BCUT2D eigenvalue weighted by molar-refractivity contribution is -0.123. The number of furan rings is 1. The van der Waals surface area contributed by atoms with Crippen LogP contribution < -0.4 is 15.6 Å². The molecule has 1 aliphatic carbocycles. The highest BCUT2D eigenvalue weighted by atomic mass is 16.5. The summed E-state index contributed by atoms with van der Waals surface area (Å²) in [5.41, 5.74) is 5.89. The van der Waals surface area contributed by atoms with Crippen molar-refractivity contribution in [2.75, 3.05) is 13.7 Å². The zero-order valence-electron chi connectivity index (χ0n) is 14.0. The van der Waals surface area contributed by atoms with Gasteiger partial charge in [0.25, 0.3) is 5.91 Å². The van der Waals surface area contributed by atoms with Crippen LogP contribution in [0.3, 0.4) is 0 Å². The number of nitrogens with zero attached hydrogens (tertiary/aromatic N) is 1. The van der Waals surface area contributed by atoms with E-state index in [0.29, 0.717) is 12.6 Å². The van der Waals surface area contributed by atoms with Crippen LogP contribution in [0, 0.1) is 0 Å². The van der Waals surface area contributed by atoms with E-state index in [4.69, 9.17) is 9.15 Å². The first-order chi connectivity index (χ1) is 12.2. The Labute approximate surface area is 145 Å². The minimum absolute atomic E-state index is 0.151. The van der Waals surface area contributed by atoms with Crippen molar-refractivity contribution in [1.82, 2.24) is 15.8 Å². The van der Waals surface area contributed by atoms with Gasteiger partial charge in [-0.05, 0) is 42.7 Å². The average Bonchev–Trinajstić information content (AvgIpc) is 3.33. The fraction of sp³-hybridized carbons (Fsp3) is 0.333. The third-order valence-corrected chi connectivity index (χ3v) is 4.02. The molecular weight excluding hydrogens is 322 g/mol. The van der Waals surface area contributed by atoms with Gasteiger partial charge in [-0.1, -0.05) is 12.1 Å². The Morgan fingerprint density at radius 3 is 2.56 bits per heavy atom. The van der Waals surface area contributed by atoms with Crippen molar-refractivity contribution in [2.24, 2.45) is 0 Å². The quantitative estimate of drug-likeness (QED) is 0.748. The van der Waals surface area contributed by atoms with Gasteiger partial charge in [-0.2, -0.15) is 0 Å². The number of benzene rings is 1. The van der Waals surface area contributed by atoms with E-state index in [9.17, 15) is 9.59 Å². The van der Waals surface area contributed by atoms with Crippen molar-refractivity contribution in [3.05, 3.63) is 54.0 Å². The van der Waals surface area contributed by atoms with Crippen molar-refractivity contribution in [1.29, 1.82) is 0 Å². The van der Waals surface area contributed by atoms with Crippen LogP contribution in [0.4, 0.5) is 0 Å². The summed E-state index contributed by atoms with van der Waals surface area (Å²) in [5, 5.41) is 0. The van der Waals surface area contributed by atoms with Crippen molar-refractivity contribution >= 4 is 11.8 Å². The molecule has 1 saturated carbocycles. The number of methoxy groups -OCH3 is 1. The van der Waals surface area contributed by atoms with E-state index in [2.05, 4.69) is 15.8 Å². The normalized spacial score (nSPS) is 13.5. The predicted octanol–water partition coefficient (Wildman–Crippen LogP) is 1.71. The molecule has 25 heavy (non-hydrogen) atoms. The molecule has 0 spiro atoms. The van der Waals surface area contributed by atoms with E-state index in [1.807, 2.05) is 24.3 Å². The van der Waals surface area contributed by atoms with Crippen LogP contribution in [0.2, 0.25) is 0 Å². The lowest BCUT2D eigenvalue weighted by atomic mass is 10.2. The van der Waals surface area contributed by atoms with Gasteiger partial charge in [-0.25, -0.2) is 0 Å². The largest absolute Gasteiger partial charge is 0.497 e. The van der Waals surface area contributed by atoms with Crippen LogP contribution in [-0.4, -0.2) is 36.4 Å². The van der Waals surface area contributed by atoms with Crippen LogP contribution in [0.25, 0.3) is 0 Å². The number of rotatable bonds is 7. The van der Waals surface area contributed by atoms with Gasteiger partial charge in [0.15, 0.2) is 5.76 Å². The second-order valence-electron chi connectivity index (χ2n) is 5.96. The van der Waals surface area contributed by atoms with Gasteiger partial charge in [-0.15, -0.1) is 0 Å². The molecule has 0 aliphatic heterocycles. The molecule has 0 bridgehead atoms. The summed E-state index contributed by atoms with van der Waals surface area (Å²) in [6.45, 7) is 0.892. The Morgan fingerprint density at radius 1 is 1.20 bits per heavy atom. The van der Waals surface area contributed by atoms with Gasteiger partial charge < -0.3 is 9.15 Å². The number of ether oxygens (including phenoxy) is 1. The molecule has 7 heteroatoms. The van der Waals surface area contributed by atoms with Gasteiger partial charge in [0.2, 0.25) is 0 Å². The van der Waals surface area contributed by atoms with E-state index in [1.165, 1.54) is 12.3 Å². The molecule has 1 aliphatic rings. The Hall–Kier alpha value is -2.80. The number of hydrogen-bond donors (Lipinski definition) is 2. The predicted molar refractivity (Wildman–Crippen MR) is 90.7 cm³/mol. The maximum Gasteiger partial charge on any atom is 0.305 e. The van der Waals surface area contributed by atoms with Gasteiger partial charge in [0.05, 0.1) is 19.9 Å². The van der Waals surface area contributed by atoms with Gasteiger partial charge in [0.1, 0.15) is 5.75 Å². The zero-order valence-corrected chi connectivity index (χ0v) is 14.0. The third-order valence-electron chi connectivity index (χ3n) is 4.02. The van der Waals surface area contributed by atoms with E-state index in [1.54, 1.807) is 13.2 Å². The summed E-state index contributed by atoms with van der Waals surface area (Å²) in [6, 6.07) is 11.3. The summed E-state index contributed by atoms with van der Waals surface area (Å²) in [6.07, 6.45) is 3.57. The molecule has 1 heterocycles. The summed E-state index contributed by atoms with van der Waals surface area (Å²) >= 11 is 0. The summed E-state index contributed by atoms with van der Waals surface area (Å²) < 4.78 is 10.1. The Morgan fingerprint density at radius 2 is 1.96 bits per heavy atom. The average molecular weight is 343 g/mol. The van der Waals surface area contributed by atoms with Gasteiger partial charge in [-0.3, -0.25) is 25.3 Å². The fourth-order valence-electron chi connectivity index (χ4n) is 2.54. The van der Waals surface area contributed by atoms with Crippen LogP contribution in [0.5, 0.6) is 5.75 Å². The minimum atomic E-state index is -0.480. The molecule has 0 saturated heterocycles. The number of nitrogens with one attached hydrogen (secondary N) is 2. The maximum absolute atomic E-state index is 12.1. The number of carbonyl (C=O) groups is 2. The number of hydrazine groups is 1. The first kappa shape index (κ1) is 17.0.